The van der Waals surface area contributed by atoms with Crippen LogP contribution in [0.3, 0.4) is 0 Å². The summed E-state index contributed by atoms with van der Waals surface area (Å²) in [5.41, 5.74) is 1.18. The van der Waals surface area contributed by atoms with E-state index in [1.165, 1.54) is 24.8 Å². The Hall–Kier alpha value is -1.51. The van der Waals surface area contributed by atoms with Crippen LogP contribution in [0.15, 0.2) is 29.3 Å². The van der Waals surface area contributed by atoms with Crippen LogP contribution in [0.1, 0.15) is 51.0 Å². The third-order valence-electron chi connectivity index (χ3n) is 4.83. The molecular weight excluding hydrogens is 467 g/mol. The van der Waals surface area contributed by atoms with E-state index in [0.29, 0.717) is 25.6 Å². The number of aliphatic imine (C=N–C) groups is 1. The molecule has 0 aliphatic heterocycles. The molecule has 0 aromatic heterocycles. The van der Waals surface area contributed by atoms with Gasteiger partial charge in [-0.1, -0.05) is 31.4 Å². The first-order valence-electron chi connectivity index (χ1n) is 10.0. The zero-order valence-electron chi connectivity index (χ0n) is 17.4. The average Bonchev–Trinajstić information content (AvgIpc) is 2.67. The third-order valence-corrected chi connectivity index (χ3v) is 4.83. The predicted molar refractivity (Wildman–Crippen MR) is 125 cm³/mol. The molecule has 1 fully saturated rings. The van der Waals surface area contributed by atoms with Crippen molar-refractivity contribution in [3.63, 3.8) is 0 Å². The van der Waals surface area contributed by atoms with Gasteiger partial charge in [-0.2, -0.15) is 0 Å². The van der Waals surface area contributed by atoms with Crippen LogP contribution in [0.4, 0.5) is 0 Å². The summed E-state index contributed by atoms with van der Waals surface area (Å²) < 4.78 is 5.48. The first-order valence-corrected chi connectivity index (χ1v) is 10.0. The van der Waals surface area contributed by atoms with Gasteiger partial charge in [0.1, 0.15) is 5.75 Å². The highest BCUT2D eigenvalue weighted by Crippen LogP contribution is 2.17. The fourth-order valence-corrected chi connectivity index (χ4v) is 3.43. The quantitative estimate of drug-likeness (QED) is 0.324. The van der Waals surface area contributed by atoms with Crippen LogP contribution in [0.2, 0.25) is 0 Å². The summed E-state index contributed by atoms with van der Waals surface area (Å²) in [5.74, 6) is 1.80. The lowest BCUT2D eigenvalue weighted by Gasteiger charge is -2.24. The molecule has 1 saturated carbocycles. The van der Waals surface area contributed by atoms with Gasteiger partial charge in [-0.05, 0) is 37.5 Å². The van der Waals surface area contributed by atoms with E-state index in [4.69, 9.17) is 4.74 Å². The zero-order valence-corrected chi connectivity index (χ0v) is 19.7. The molecule has 2 N–H and O–H groups in total. The number of amides is 1. The van der Waals surface area contributed by atoms with E-state index in [1.807, 2.05) is 26.1 Å². The highest BCUT2D eigenvalue weighted by molar-refractivity contribution is 14.0. The lowest BCUT2D eigenvalue weighted by molar-refractivity contribution is -0.121. The summed E-state index contributed by atoms with van der Waals surface area (Å²) in [4.78, 5) is 18.5. The van der Waals surface area contributed by atoms with E-state index in [-0.39, 0.29) is 29.9 Å². The number of ether oxygens (including phenoxy) is 1. The van der Waals surface area contributed by atoms with Crippen molar-refractivity contribution >= 4 is 35.8 Å². The van der Waals surface area contributed by atoms with Crippen molar-refractivity contribution in [1.82, 2.24) is 15.5 Å². The summed E-state index contributed by atoms with van der Waals surface area (Å²) in [5, 5.41) is 6.43. The molecule has 0 saturated heterocycles. The van der Waals surface area contributed by atoms with E-state index >= 15 is 0 Å². The largest absolute Gasteiger partial charge is 0.494 e. The number of carbonyl (C=O) groups excluding carboxylic acids is 1. The maximum Gasteiger partial charge on any atom is 0.221 e. The van der Waals surface area contributed by atoms with E-state index in [1.54, 1.807) is 7.05 Å². The normalized spacial score (nSPS) is 14.8. The minimum atomic E-state index is 0. The first kappa shape index (κ1) is 24.5. The number of hydrogen-bond donors (Lipinski definition) is 2. The maximum atomic E-state index is 12.1. The number of halogens is 1. The van der Waals surface area contributed by atoms with Crippen LogP contribution in [0.5, 0.6) is 5.75 Å². The molecule has 1 aromatic rings. The van der Waals surface area contributed by atoms with Gasteiger partial charge in [0.15, 0.2) is 5.96 Å². The van der Waals surface area contributed by atoms with E-state index in [2.05, 4.69) is 32.7 Å². The second kappa shape index (κ2) is 13.6. The van der Waals surface area contributed by atoms with Crippen molar-refractivity contribution in [2.24, 2.45) is 4.99 Å². The number of hydrogen-bond acceptors (Lipinski definition) is 3. The molecule has 2 rings (SSSR count). The number of benzene rings is 1. The standard InChI is InChI=1S/C21H34N4O2.HI/c1-4-27-19-12-10-17(11-13-19)16-25(3)21(22-2)23-15-14-20(26)24-18-8-6-5-7-9-18;/h10-13,18H,4-9,14-16H2,1-3H3,(H,22,23)(H,24,26);1H. The molecule has 6 nitrogen and oxygen atoms in total. The van der Waals surface area contributed by atoms with E-state index in [9.17, 15) is 4.79 Å². The van der Waals surface area contributed by atoms with Gasteiger partial charge in [0, 0.05) is 39.6 Å². The zero-order chi connectivity index (χ0) is 19.5. The minimum absolute atomic E-state index is 0. The molecule has 0 atom stereocenters. The van der Waals surface area contributed by atoms with Crippen LogP contribution in [-0.4, -0.2) is 50.1 Å². The molecule has 0 heterocycles. The number of rotatable bonds is 8. The molecule has 158 valence electrons. The van der Waals surface area contributed by atoms with Gasteiger partial charge in [0.25, 0.3) is 0 Å². The van der Waals surface area contributed by atoms with Gasteiger partial charge in [-0.15, -0.1) is 24.0 Å². The molecule has 7 heteroatoms. The Labute approximate surface area is 186 Å². The smallest absolute Gasteiger partial charge is 0.221 e. The van der Waals surface area contributed by atoms with E-state index in [0.717, 1.165) is 31.1 Å². The minimum Gasteiger partial charge on any atom is -0.494 e. The Balaban J connectivity index is 0.00000392. The van der Waals surface area contributed by atoms with Gasteiger partial charge < -0.3 is 20.3 Å². The SMILES string of the molecule is CCOc1ccc(CN(C)C(=NC)NCCC(=O)NC2CCCCC2)cc1.I. The van der Waals surface area contributed by atoms with Gasteiger partial charge in [0.05, 0.1) is 6.61 Å². The summed E-state index contributed by atoms with van der Waals surface area (Å²) >= 11 is 0. The van der Waals surface area contributed by atoms with Gasteiger partial charge in [-0.25, -0.2) is 0 Å². The molecule has 0 spiro atoms. The molecular formula is C21H35IN4O2. The maximum absolute atomic E-state index is 12.1. The fraction of sp³-hybridized carbons (Fsp3) is 0.619. The summed E-state index contributed by atoms with van der Waals surface area (Å²) in [7, 11) is 3.76. The van der Waals surface area contributed by atoms with Crippen molar-refractivity contribution in [3.05, 3.63) is 29.8 Å². The van der Waals surface area contributed by atoms with Crippen LogP contribution in [0.25, 0.3) is 0 Å². The molecule has 1 amide bonds. The molecule has 28 heavy (non-hydrogen) atoms. The molecule has 1 aromatic carbocycles. The molecule has 0 unspecified atom stereocenters. The van der Waals surface area contributed by atoms with Crippen LogP contribution < -0.4 is 15.4 Å². The van der Waals surface area contributed by atoms with Crippen molar-refractivity contribution < 1.29 is 9.53 Å². The molecule has 1 aliphatic carbocycles. The Kier molecular flexibility index (Phi) is 11.9. The number of nitrogens with one attached hydrogen (secondary N) is 2. The number of carbonyl (C=O) groups is 1. The van der Waals surface area contributed by atoms with Gasteiger partial charge >= 0.3 is 0 Å². The highest BCUT2D eigenvalue weighted by atomic mass is 127. The molecule has 1 aliphatic rings. The van der Waals surface area contributed by atoms with E-state index < -0.39 is 0 Å². The highest BCUT2D eigenvalue weighted by Gasteiger charge is 2.15. The topological polar surface area (TPSA) is 66.0 Å². The summed E-state index contributed by atoms with van der Waals surface area (Å²) in [6, 6.07) is 8.46. The number of guanidine groups is 1. The third kappa shape index (κ3) is 8.67. The monoisotopic (exact) mass is 502 g/mol. The van der Waals surface area contributed by atoms with Crippen molar-refractivity contribution in [3.8, 4) is 5.75 Å². The molecule has 0 bridgehead atoms. The lowest BCUT2D eigenvalue weighted by atomic mass is 9.95. The second-order valence-electron chi connectivity index (χ2n) is 7.06. The summed E-state index contributed by atoms with van der Waals surface area (Å²) in [6.45, 7) is 3.97. The first-order chi connectivity index (χ1) is 13.1. The average molecular weight is 502 g/mol. The predicted octanol–water partition coefficient (Wildman–Crippen LogP) is 3.55. The van der Waals surface area contributed by atoms with Crippen LogP contribution in [-0.2, 0) is 11.3 Å². The van der Waals surface area contributed by atoms with Crippen LogP contribution in [0, 0.1) is 0 Å². The van der Waals surface area contributed by atoms with Gasteiger partial charge in [0.2, 0.25) is 5.91 Å². The Morgan fingerprint density at radius 3 is 2.50 bits per heavy atom. The van der Waals surface area contributed by atoms with Crippen molar-refractivity contribution in [2.75, 3.05) is 27.2 Å². The Morgan fingerprint density at radius 1 is 1.21 bits per heavy atom. The fourth-order valence-electron chi connectivity index (χ4n) is 3.43. The van der Waals surface area contributed by atoms with Gasteiger partial charge in [-0.3, -0.25) is 9.79 Å². The van der Waals surface area contributed by atoms with Crippen LogP contribution >= 0.6 is 24.0 Å². The summed E-state index contributed by atoms with van der Waals surface area (Å²) in [6.07, 6.45) is 6.45. The Bertz CT molecular complexity index is 601. The lowest BCUT2D eigenvalue weighted by Crippen LogP contribution is -2.41. The second-order valence-corrected chi connectivity index (χ2v) is 7.06. The van der Waals surface area contributed by atoms with Crippen molar-refractivity contribution in [1.29, 1.82) is 0 Å². The Morgan fingerprint density at radius 2 is 1.89 bits per heavy atom. The molecule has 0 radical (unpaired) electrons. The van der Waals surface area contributed by atoms with Crippen molar-refractivity contribution in [2.45, 2.75) is 58.0 Å². The number of nitrogens with zero attached hydrogens (tertiary/aromatic N) is 2.